The first-order valence-electron chi connectivity index (χ1n) is 8.82. The second-order valence-electron chi connectivity index (χ2n) is 6.30. The summed E-state index contributed by atoms with van der Waals surface area (Å²) >= 11 is 0. The second kappa shape index (κ2) is 7.51. The van der Waals surface area contributed by atoms with E-state index in [1.165, 1.54) is 60.9 Å². The molecule has 7 nitrogen and oxygen atoms in total. The van der Waals surface area contributed by atoms with E-state index in [0.29, 0.717) is 0 Å². The van der Waals surface area contributed by atoms with E-state index in [1.807, 2.05) is 0 Å². The number of anilines is 2. The summed E-state index contributed by atoms with van der Waals surface area (Å²) in [6.07, 6.45) is -2.21. The van der Waals surface area contributed by atoms with Crippen LogP contribution >= 0.6 is 0 Å². The van der Waals surface area contributed by atoms with Gasteiger partial charge in [0.1, 0.15) is 5.82 Å². The van der Waals surface area contributed by atoms with Crippen molar-refractivity contribution in [1.82, 2.24) is 19.6 Å². The Kier molecular flexibility index (Phi) is 4.97. The van der Waals surface area contributed by atoms with Crippen LogP contribution in [0.1, 0.15) is 0 Å². The van der Waals surface area contributed by atoms with Gasteiger partial charge in [-0.1, -0.05) is 30.8 Å². The number of hydrogen-bond donors (Lipinski definition) is 0. The van der Waals surface area contributed by atoms with Crippen molar-refractivity contribution in [3.8, 4) is 11.3 Å². The molecule has 0 spiro atoms. The van der Waals surface area contributed by atoms with Crippen molar-refractivity contribution in [3.63, 3.8) is 0 Å². The van der Waals surface area contributed by atoms with Crippen LogP contribution in [0.25, 0.3) is 16.9 Å². The van der Waals surface area contributed by atoms with E-state index in [0.717, 1.165) is 9.92 Å². The van der Waals surface area contributed by atoms with E-state index in [9.17, 15) is 21.6 Å². The number of halogens is 3. The zero-order valence-corrected chi connectivity index (χ0v) is 16.5. The van der Waals surface area contributed by atoms with Crippen LogP contribution in [0.5, 0.6) is 0 Å². The van der Waals surface area contributed by atoms with Crippen LogP contribution in [0.3, 0.4) is 0 Å². The highest BCUT2D eigenvalue weighted by atomic mass is 32.2. The molecule has 11 heteroatoms. The summed E-state index contributed by atoms with van der Waals surface area (Å²) in [4.78, 5) is 7.89. The predicted octanol–water partition coefficient (Wildman–Crippen LogP) is 4.37. The molecule has 0 fully saturated rings. The van der Waals surface area contributed by atoms with E-state index < -0.39 is 22.0 Å². The highest BCUT2D eigenvalue weighted by Gasteiger charge is 2.41. The van der Waals surface area contributed by atoms with Gasteiger partial charge in [0.25, 0.3) is 0 Å². The van der Waals surface area contributed by atoms with Gasteiger partial charge in [0.15, 0.2) is 21.3 Å². The van der Waals surface area contributed by atoms with Crippen molar-refractivity contribution in [2.24, 2.45) is 0 Å². The van der Waals surface area contributed by atoms with Gasteiger partial charge in [0.05, 0.1) is 16.8 Å². The predicted molar refractivity (Wildman–Crippen MR) is 108 cm³/mol. The zero-order valence-electron chi connectivity index (χ0n) is 15.7. The van der Waals surface area contributed by atoms with Gasteiger partial charge >= 0.3 is 6.30 Å². The first-order chi connectivity index (χ1) is 14.7. The quantitative estimate of drug-likeness (QED) is 0.425. The fraction of sp³-hybridized carbons (Fsp3) is 0.0500. The third kappa shape index (κ3) is 3.75. The topological polar surface area (TPSA) is 80.5 Å². The molecule has 0 unspecified atom stereocenters. The van der Waals surface area contributed by atoms with Crippen LogP contribution in [0.2, 0.25) is 0 Å². The van der Waals surface area contributed by atoms with Crippen LogP contribution in [0.15, 0.2) is 83.9 Å². The minimum absolute atomic E-state index is 0.0304. The molecule has 4 rings (SSSR count). The number of pyridine rings is 1. The first kappa shape index (κ1) is 20.5. The molecule has 3 aromatic heterocycles. The molecule has 0 radical (unpaired) electrons. The Bertz CT molecular complexity index is 1370. The number of alkyl halides is 3. The fourth-order valence-corrected chi connectivity index (χ4v) is 3.97. The Morgan fingerprint density at radius 2 is 1.71 bits per heavy atom. The standard InChI is InChI=1S/C20H14F3N5O2S/c1-2-31(29,30)16-8-4-3-7-14(16)15-13-25-18-10-11-19(26-28(15)18)27(20(21,22)23)17-9-5-6-12-24-17/h2-13H,1H2. The molecule has 3 heterocycles. The third-order valence-electron chi connectivity index (χ3n) is 4.40. The Balaban J connectivity index is 1.94. The Morgan fingerprint density at radius 1 is 0.968 bits per heavy atom. The molecule has 0 bridgehead atoms. The average molecular weight is 445 g/mol. The molecule has 0 amide bonds. The zero-order chi connectivity index (χ0) is 22.2. The van der Waals surface area contributed by atoms with Gasteiger partial charge in [-0.25, -0.2) is 27.8 Å². The summed E-state index contributed by atoms with van der Waals surface area (Å²) in [5, 5.41) is 4.91. The lowest BCUT2D eigenvalue weighted by atomic mass is 10.2. The molecule has 1 aromatic carbocycles. The number of sulfone groups is 1. The van der Waals surface area contributed by atoms with Crippen LogP contribution in [0.4, 0.5) is 24.8 Å². The third-order valence-corrected chi connectivity index (χ3v) is 5.81. The van der Waals surface area contributed by atoms with Gasteiger partial charge in [-0.05, 0) is 30.3 Å². The average Bonchev–Trinajstić information content (AvgIpc) is 3.17. The second-order valence-corrected chi connectivity index (χ2v) is 8.17. The smallest absolute Gasteiger partial charge is 0.239 e. The molecule has 0 saturated heterocycles. The normalized spacial score (nSPS) is 12.1. The van der Waals surface area contributed by atoms with Crippen LogP contribution in [-0.2, 0) is 9.84 Å². The molecule has 0 aliphatic rings. The molecular formula is C20H14F3N5O2S. The number of imidazole rings is 1. The molecule has 31 heavy (non-hydrogen) atoms. The molecular weight excluding hydrogens is 431 g/mol. The van der Waals surface area contributed by atoms with Gasteiger partial charge in [-0.3, -0.25) is 0 Å². The molecule has 0 aliphatic heterocycles. The summed E-state index contributed by atoms with van der Waals surface area (Å²) in [5.41, 5.74) is 0.685. The van der Waals surface area contributed by atoms with Crippen molar-refractivity contribution in [2.75, 3.05) is 4.90 Å². The minimum Gasteiger partial charge on any atom is -0.239 e. The molecule has 0 aliphatic carbocycles. The fourth-order valence-electron chi connectivity index (χ4n) is 3.05. The lowest BCUT2D eigenvalue weighted by Crippen LogP contribution is -2.35. The van der Waals surface area contributed by atoms with E-state index in [2.05, 4.69) is 21.6 Å². The number of aromatic nitrogens is 4. The minimum atomic E-state index is -4.81. The van der Waals surface area contributed by atoms with Gasteiger partial charge in [-0.2, -0.15) is 0 Å². The van der Waals surface area contributed by atoms with Crippen molar-refractivity contribution in [2.45, 2.75) is 11.2 Å². The van der Waals surface area contributed by atoms with Crippen LogP contribution in [0, 0.1) is 0 Å². The maximum absolute atomic E-state index is 13.8. The lowest BCUT2D eigenvalue weighted by molar-refractivity contribution is -0.121. The maximum atomic E-state index is 13.8. The Morgan fingerprint density at radius 3 is 2.39 bits per heavy atom. The first-order valence-corrected chi connectivity index (χ1v) is 10.4. The van der Waals surface area contributed by atoms with Crippen molar-refractivity contribution in [1.29, 1.82) is 0 Å². The number of nitrogens with zero attached hydrogens (tertiary/aromatic N) is 5. The van der Waals surface area contributed by atoms with E-state index in [-0.39, 0.29) is 32.5 Å². The van der Waals surface area contributed by atoms with E-state index in [1.54, 1.807) is 6.07 Å². The number of fused-ring (bicyclic) bond motifs is 1. The van der Waals surface area contributed by atoms with Crippen LogP contribution < -0.4 is 4.90 Å². The highest BCUT2D eigenvalue weighted by molar-refractivity contribution is 7.94. The summed E-state index contributed by atoms with van der Waals surface area (Å²) in [6, 6.07) is 12.7. The summed E-state index contributed by atoms with van der Waals surface area (Å²) < 4.78 is 67.5. The largest absolute Gasteiger partial charge is 0.491 e. The number of hydrogen-bond acceptors (Lipinski definition) is 6. The van der Waals surface area contributed by atoms with Crippen molar-refractivity contribution >= 4 is 27.1 Å². The monoisotopic (exact) mass is 445 g/mol. The molecule has 4 aromatic rings. The summed E-state index contributed by atoms with van der Waals surface area (Å²) in [6.45, 7) is 3.33. The number of rotatable bonds is 5. The van der Waals surface area contributed by atoms with Gasteiger partial charge in [-0.15, -0.1) is 18.3 Å². The van der Waals surface area contributed by atoms with Crippen molar-refractivity contribution in [3.05, 3.63) is 79.0 Å². The SMILES string of the molecule is C=CS(=O)(=O)c1ccccc1-c1cnc2ccc(N(c3ccccn3)C(F)(F)F)nn12. The Hall–Kier alpha value is -3.73. The van der Waals surface area contributed by atoms with E-state index in [4.69, 9.17) is 0 Å². The molecule has 0 atom stereocenters. The van der Waals surface area contributed by atoms with Crippen molar-refractivity contribution < 1.29 is 21.6 Å². The van der Waals surface area contributed by atoms with E-state index >= 15 is 0 Å². The Labute approximate surface area is 175 Å². The van der Waals surface area contributed by atoms with Gasteiger partial charge in [0, 0.05) is 17.2 Å². The highest BCUT2D eigenvalue weighted by Crippen LogP contribution is 2.35. The summed E-state index contributed by atoms with van der Waals surface area (Å²) in [7, 11) is -3.82. The van der Waals surface area contributed by atoms with Gasteiger partial charge in [0.2, 0.25) is 0 Å². The lowest BCUT2D eigenvalue weighted by Gasteiger charge is -2.24. The van der Waals surface area contributed by atoms with Gasteiger partial charge < -0.3 is 0 Å². The maximum Gasteiger partial charge on any atom is 0.491 e. The molecule has 0 N–H and O–H groups in total. The molecule has 158 valence electrons. The van der Waals surface area contributed by atoms with Crippen LogP contribution in [-0.4, -0.2) is 34.3 Å². The summed E-state index contributed by atoms with van der Waals surface area (Å²) in [5.74, 6) is -0.819. The number of benzene rings is 1. The molecule has 0 saturated carbocycles.